The third kappa shape index (κ3) is 2.24. The Morgan fingerprint density at radius 1 is 1.50 bits per heavy atom. The standard InChI is InChI=1S/C13H22O3/c1-2-11(12(14)15)10-5-8-16-13(9-10)6-3-4-7-13/h10-11H,2-9H2,1H3,(H,14,15). The fourth-order valence-corrected chi connectivity index (χ4v) is 3.49. The monoisotopic (exact) mass is 226 g/mol. The molecular formula is C13H22O3. The molecule has 92 valence electrons. The van der Waals surface area contributed by atoms with Crippen LogP contribution >= 0.6 is 0 Å². The summed E-state index contributed by atoms with van der Waals surface area (Å²) in [6.07, 6.45) is 7.41. The van der Waals surface area contributed by atoms with Gasteiger partial charge in [-0.1, -0.05) is 19.8 Å². The van der Waals surface area contributed by atoms with Gasteiger partial charge in [-0.25, -0.2) is 0 Å². The molecule has 2 rings (SSSR count). The summed E-state index contributed by atoms with van der Waals surface area (Å²) in [5, 5.41) is 9.22. The number of aliphatic carboxylic acids is 1. The van der Waals surface area contributed by atoms with Gasteiger partial charge in [-0.15, -0.1) is 0 Å². The van der Waals surface area contributed by atoms with E-state index in [1.807, 2.05) is 6.92 Å². The first kappa shape index (κ1) is 11.9. The topological polar surface area (TPSA) is 46.5 Å². The molecule has 3 heteroatoms. The van der Waals surface area contributed by atoms with Gasteiger partial charge in [0.15, 0.2) is 0 Å². The molecule has 2 unspecified atom stereocenters. The fraction of sp³-hybridized carbons (Fsp3) is 0.923. The minimum atomic E-state index is -0.623. The van der Waals surface area contributed by atoms with Crippen LogP contribution in [0.4, 0.5) is 0 Å². The molecule has 1 saturated heterocycles. The van der Waals surface area contributed by atoms with Crippen molar-refractivity contribution in [2.45, 2.75) is 57.5 Å². The second-order valence-corrected chi connectivity index (χ2v) is 5.34. The second-order valence-electron chi connectivity index (χ2n) is 5.34. The van der Waals surface area contributed by atoms with E-state index in [1.165, 1.54) is 12.8 Å². The smallest absolute Gasteiger partial charge is 0.306 e. The zero-order valence-corrected chi connectivity index (χ0v) is 10.1. The van der Waals surface area contributed by atoms with Gasteiger partial charge in [0.2, 0.25) is 0 Å². The molecular weight excluding hydrogens is 204 g/mol. The summed E-state index contributed by atoms with van der Waals surface area (Å²) in [7, 11) is 0. The lowest BCUT2D eigenvalue weighted by molar-refractivity contribution is -0.150. The van der Waals surface area contributed by atoms with E-state index in [1.54, 1.807) is 0 Å². The highest BCUT2D eigenvalue weighted by Gasteiger charge is 2.42. The Morgan fingerprint density at radius 2 is 2.19 bits per heavy atom. The van der Waals surface area contributed by atoms with Crippen molar-refractivity contribution in [2.75, 3.05) is 6.61 Å². The maximum atomic E-state index is 11.2. The van der Waals surface area contributed by atoms with Crippen molar-refractivity contribution in [3.63, 3.8) is 0 Å². The van der Waals surface area contributed by atoms with Crippen molar-refractivity contribution in [1.29, 1.82) is 0 Å². The molecule has 0 radical (unpaired) electrons. The summed E-state index contributed by atoms with van der Waals surface area (Å²) in [6, 6.07) is 0. The first-order valence-corrected chi connectivity index (χ1v) is 6.54. The minimum absolute atomic E-state index is 0.0474. The van der Waals surface area contributed by atoms with E-state index in [0.29, 0.717) is 5.92 Å². The Bertz CT molecular complexity index is 256. The number of hydrogen-bond acceptors (Lipinski definition) is 2. The number of carbonyl (C=O) groups is 1. The molecule has 0 aromatic carbocycles. The van der Waals surface area contributed by atoms with Crippen LogP contribution in [0.5, 0.6) is 0 Å². The zero-order valence-electron chi connectivity index (χ0n) is 10.1. The summed E-state index contributed by atoms with van der Waals surface area (Å²) in [4.78, 5) is 11.2. The second kappa shape index (κ2) is 4.74. The van der Waals surface area contributed by atoms with Gasteiger partial charge in [-0.2, -0.15) is 0 Å². The summed E-state index contributed by atoms with van der Waals surface area (Å²) in [5.41, 5.74) is 0.0474. The molecule has 3 nitrogen and oxygen atoms in total. The van der Waals surface area contributed by atoms with Crippen LogP contribution in [0.1, 0.15) is 51.9 Å². The quantitative estimate of drug-likeness (QED) is 0.805. The molecule has 0 bridgehead atoms. The Balaban J connectivity index is 2.03. The zero-order chi connectivity index (χ0) is 11.6. The van der Waals surface area contributed by atoms with Crippen molar-refractivity contribution in [2.24, 2.45) is 11.8 Å². The Hall–Kier alpha value is -0.570. The first-order valence-electron chi connectivity index (χ1n) is 6.54. The molecule has 1 aliphatic carbocycles. The van der Waals surface area contributed by atoms with E-state index < -0.39 is 5.97 Å². The summed E-state index contributed by atoms with van der Waals surface area (Å²) < 4.78 is 5.94. The maximum Gasteiger partial charge on any atom is 0.306 e. The summed E-state index contributed by atoms with van der Waals surface area (Å²) in [5.74, 6) is -0.460. The highest BCUT2D eigenvalue weighted by molar-refractivity contribution is 5.70. The molecule has 0 aromatic heterocycles. The van der Waals surface area contributed by atoms with Gasteiger partial charge in [-0.05, 0) is 38.0 Å². The third-order valence-corrected chi connectivity index (χ3v) is 4.37. The van der Waals surface area contributed by atoms with Gasteiger partial charge in [0.05, 0.1) is 11.5 Å². The lowest BCUT2D eigenvalue weighted by Gasteiger charge is -2.40. The van der Waals surface area contributed by atoms with Crippen LogP contribution in [0.25, 0.3) is 0 Å². The predicted molar refractivity (Wildman–Crippen MR) is 61.3 cm³/mol. The van der Waals surface area contributed by atoms with Crippen LogP contribution < -0.4 is 0 Å². The van der Waals surface area contributed by atoms with Gasteiger partial charge in [0.1, 0.15) is 0 Å². The van der Waals surface area contributed by atoms with Crippen LogP contribution in [0.15, 0.2) is 0 Å². The molecule has 2 atom stereocenters. The van der Waals surface area contributed by atoms with E-state index in [-0.39, 0.29) is 11.5 Å². The predicted octanol–water partition coefficient (Wildman–Crippen LogP) is 2.84. The van der Waals surface area contributed by atoms with E-state index in [9.17, 15) is 9.90 Å². The van der Waals surface area contributed by atoms with E-state index in [0.717, 1.165) is 38.7 Å². The van der Waals surface area contributed by atoms with E-state index in [2.05, 4.69) is 0 Å². The molecule has 1 N–H and O–H groups in total. The van der Waals surface area contributed by atoms with Crippen molar-refractivity contribution in [1.82, 2.24) is 0 Å². The Labute approximate surface area is 97.2 Å². The number of rotatable bonds is 3. The van der Waals surface area contributed by atoms with E-state index in [4.69, 9.17) is 4.74 Å². The summed E-state index contributed by atoms with van der Waals surface area (Å²) in [6.45, 7) is 2.74. The van der Waals surface area contributed by atoms with Crippen LogP contribution in [0.3, 0.4) is 0 Å². The van der Waals surface area contributed by atoms with Gasteiger partial charge >= 0.3 is 5.97 Å². The highest BCUT2D eigenvalue weighted by atomic mass is 16.5. The molecule has 0 aromatic rings. The molecule has 16 heavy (non-hydrogen) atoms. The average molecular weight is 226 g/mol. The van der Waals surface area contributed by atoms with Crippen LogP contribution in [0, 0.1) is 11.8 Å². The van der Waals surface area contributed by atoms with Crippen LogP contribution in [-0.4, -0.2) is 23.3 Å². The third-order valence-electron chi connectivity index (χ3n) is 4.37. The first-order chi connectivity index (χ1) is 7.67. The molecule has 2 fully saturated rings. The van der Waals surface area contributed by atoms with E-state index >= 15 is 0 Å². The molecule has 2 aliphatic rings. The summed E-state index contributed by atoms with van der Waals surface area (Å²) >= 11 is 0. The maximum absolute atomic E-state index is 11.2. The Kier molecular flexibility index (Phi) is 3.53. The SMILES string of the molecule is CCC(C(=O)O)C1CCOC2(CCCC2)C1. The Morgan fingerprint density at radius 3 is 2.75 bits per heavy atom. The lowest BCUT2D eigenvalue weighted by Crippen LogP contribution is -2.41. The molecule has 1 aliphatic heterocycles. The van der Waals surface area contributed by atoms with Crippen molar-refractivity contribution >= 4 is 5.97 Å². The molecule has 0 amide bonds. The number of carboxylic acid groups (broad SMARTS) is 1. The minimum Gasteiger partial charge on any atom is -0.481 e. The van der Waals surface area contributed by atoms with Gasteiger partial charge < -0.3 is 9.84 Å². The average Bonchev–Trinajstić information content (AvgIpc) is 2.67. The van der Waals surface area contributed by atoms with Crippen LogP contribution in [-0.2, 0) is 9.53 Å². The van der Waals surface area contributed by atoms with Gasteiger partial charge in [0, 0.05) is 6.61 Å². The highest BCUT2D eigenvalue weighted by Crippen LogP contribution is 2.44. The number of ether oxygens (including phenoxy) is 1. The van der Waals surface area contributed by atoms with Crippen molar-refractivity contribution in [3.05, 3.63) is 0 Å². The lowest BCUT2D eigenvalue weighted by atomic mass is 9.76. The number of carboxylic acids is 1. The normalized spacial score (nSPS) is 30.4. The van der Waals surface area contributed by atoms with Gasteiger partial charge in [-0.3, -0.25) is 4.79 Å². The molecule has 1 saturated carbocycles. The molecule has 1 spiro atoms. The largest absolute Gasteiger partial charge is 0.481 e. The van der Waals surface area contributed by atoms with Crippen molar-refractivity contribution < 1.29 is 14.6 Å². The molecule has 1 heterocycles. The van der Waals surface area contributed by atoms with Gasteiger partial charge in [0.25, 0.3) is 0 Å². The van der Waals surface area contributed by atoms with Crippen molar-refractivity contribution in [3.8, 4) is 0 Å². The van der Waals surface area contributed by atoms with Crippen LogP contribution in [0.2, 0.25) is 0 Å². The number of hydrogen-bond donors (Lipinski definition) is 1. The fourth-order valence-electron chi connectivity index (χ4n) is 3.49.